The molecule has 1 aromatic heterocycles. The van der Waals surface area contributed by atoms with E-state index in [1.807, 2.05) is 12.1 Å². The zero-order valence-corrected chi connectivity index (χ0v) is 11.4. The number of hydrogen-bond acceptors (Lipinski definition) is 6. The van der Waals surface area contributed by atoms with Crippen LogP contribution in [0.15, 0.2) is 17.3 Å². The molecule has 100 valence electrons. The fourth-order valence-electron chi connectivity index (χ4n) is 1.72. The Kier molecular flexibility index (Phi) is 3.39. The second kappa shape index (κ2) is 5.18. The summed E-state index contributed by atoms with van der Waals surface area (Å²) in [6, 6.07) is 3.78. The number of ether oxygens (including phenoxy) is 2. The number of nitrogens with one attached hydrogen (secondary N) is 1. The Labute approximate surface area is 118 Å². The molecule has 0 aliphatic carbocycles. The molecule has 2 aromatic rings. The van der Waals surface area contributed by atoms with Crippen LogP contribution in [-0.4, -0.2) is 28.4 Å². The number of thioether (sulfide) groups is 1. The van der Waals surface area contributed by atoms with E-state index in [1.165, 1.54) is 11.8 Å². The van der Waals surface area contributed by atoms with E-state index in [0.717, 1.165) is 5.56 Å². The van der Waals surface area contributed by atoms with Gasteiger partial charge in [0.15, 0.2) is 11.5 Å². The van der Waals surface area contributed by atoms with E-state index in [4.69, 9.17) is 26.8 Å². The minimum Gasteiger partial charge on any atom is -0.486 e. The monoisotopic (exact) mass is 298 g/mol. The van der Waals surface area contributed by atoms with Crippen molar-refractivity contribution >= 4 is 29.3 Å². The molecular formula is C11H11ClN4O2S. The lowest BCUT2D eigenvalue weighted by Crippen LogP contribution is -2.15. The van der Waals surface area contributed by atoms with Crippen LogP contribution in [0.1, 0.15) is 5.56 Å². The first-order valence-corrected chi connectivity index (χ1v) is 6.97. The van der Waals surface area contributed by atoms with E-state index < -0.39 is 0 Å². The molecule has 0 bridgehead atoms. The standard InChI is InChI=1S/C11H11ClN4O2S/c12-7-3-6(4-8-9(7)18-2-1-17-8)5-19-11-14-10(13)15-16-11/h3-4H,1-2,5H2,(H3,13,14,15,16). The van der Waals surface area contributed by atoms with Crippen LogP contribution >= 0.6 is 23.4 Å². The quantitative estimate of drug-likeness (QED) is 0.844. The number of H-pyrrole nitrogens is 1. The molecule has 2 heterocycles. The Morgan fingerprint density at radius 3 is 3.00 bits per heavy atom. The first kappa shape index (κ1) is 12.4. The van der Waals surface area contributed by atoms with E-state index in [1.54, 1.807) is 0 Å². The molecule has 0 saturated carbocycles. The van der Waals surface area contributed by atoms with E-state index in [2.05, 4.69) is 15.2 Å². The molecule has 3 N–H and O–H groups in total. The van der Waals surface area contributed by atoms with Gasteiger partial charge in [0.25, 0.3) is 0 Å². The molecule has 1 aliphatic heterocycles. The van der Waals surface area contributed by atoms with Crippen molar-refractivity contribution < 1.29 is 9.47 Å². The zero-order chi connectivity index (χ0) is 13.2. The summed E-state index contributed by atoms with van der Waals surface area (Å²) in [7, 11) is 0. The van der Waals surface area contributed by atoms with Gasteiger partial charge < -0.3 is 15.2 Å². The van der Waals surface area contributed by atoms with Crippen molar-refractivity contribution in [3.63, 3.8) is 0 Å². The molecular weight excluding hydrogens is 288 g/mol. The lowest BCUT2D eigenvalue weighted by atomic mass is 10.2. The summed E-state index contributed by atoms with van der Waals surface area (Å²) in [4.78, 5) is 4.02. The Bertz CT molecular complexity index is 604. The molecule has 1 aliphatic rings. The average molecular weight is 299 g/mol. The van der Waals surface area contributed by atoms with E-state index in [9.17, 15) is 0 Å². The molecule has 0 radical (unpaired) electrons. The van der Waals surface area contributed by atoms with Gasteiger partial charge in [-0.15, -0.1) is 5.10 Å². The van der Waals surface area contributed by atoms with Crippen molar-refractivity contribution in [2.45, 2.75) is 10.9 Å². The van der Waals surface area contributed by atoms with E-state index in [-0.39, 0.29) is 0 Å². The molecule has 0 fully saturated rings. The summed E-state index contributed by atoms with van der Waals surface area (Å²) >= 11 is 7.63. The highest BCUT2D eigenvalue weighted by atomic mass is 35.5. The van der Waals surface area contributed by atoms with Gasteiger partial charge in [0, 0.05) is 5.75 Å². The minimum absolute atomic E-state index is 0.308. The third-order valence-electron chi connectivity index (χ3n) is 2.51. The number of halogens is 1. The lowest BCUT2D eigenvalue weighted by molar-refractivity contribution is 0.171. The lowest BCUT2D eigenvalue weighted by Gasteiger charge is -2.20. The van der Waals surface area contributed by atoms with Gasteiger partial charge in [-0.25, -0.2) is 5.10 Å². The fraction of sp³-hybridized carbons (Fsp3) is 0.273. The summed E-state index contributed by atoms with van der Waals surface area (Å²) in [5.41, 5.74) is 6.48. The maximum atomic E-state index is 6.16. The van der Waals surface area contributed by atoms with Gasteiger partial charge in [0.2, 0.25) is 11.1 Å². The number of nitrogen functional groups attached to an aromatic ring is 1. The number of anilines is 1. The van der Waals surface area contributed by atoms with Gasteiger partial charge in [-0.3, -0.25) is 0 Å². The second-order valence-electron chi connectivity index (χ2n) is 3.89. The topological polar surface area (TPSA) is 86.1 Å². The smallest absolute Gasteiger partial charge is 0.216 e. The van der Waals surface area contributed by atoms with Crippen LogP contribution in [-0.2, 0) is 5.75 Å². The van der Waals surface area contributed by atoms with Crippen LogP contribution in [0.2, 0.25) is 5.02 Å². The number of nitrogens with zero attached hydrogens (tertiary/aromatic N) is 2. The SMILES string of the molecule is Nc1nc(SCc2cc(Cl)c3c(c2)OCCO3)n[nH]1. The second-order valence-corrected chi connectivity index (χ2v) is 5.24. The molecule has 8 heteroatoms. The fourth-order valence-corrected chi connectivity index (χ4v) is 2.74. The Balaban J connectivity index is 1.76. The number of aromatic amines is 1. The number of aromatic nitrogens is 3. The van der Waals surface area contributed by atoms with E-state index >= 15 is 0 Å². The van der Waals surface area contributed by atoms with Crippen molar-refractivity contribution in [2.24, 2.45) is 0 Å². The molecule has 0 amide bonds. The van der Waals surface area contributed by atoms with Crippen molar-refractivity contribution in [3.8, 4) is 11.5 Å². The van der Waals surface area contributed by atoms with Crippen molar-refractivity contribution in [3.05, 3.63) is 22.7 Å². The maximum Gasteiger partial charge on any atom is 0.216 e. The van der Waals surface area contributed by atoms with Gasteiger partial charge in [-0.2, -0.15) is 4.98 Å². The maximum absolute atomic E-state index is 6.16. The summed E-state index contributed by atoms with van der Waals surface area (Å²) in [6.07, 6.45) is 0. The summed E-state index contributed by atoms with van der Waals surface area (Å²) < 4.78 is 11.0. The van der Waals surface area contributed by atoms with Gasteiger partial charge in [-0.05, 0) is 17.7 Å². The molecule has 1 aromatic carbocycles. The Hall–Kier alpha value is -1.60. The number of rotatable bonds is 3. The van der Waals surface area contributed by atoms with Crippen LogP contribution in [0, 0.1) is 0 Å². The van der Waals surface area contributed by atoms with Crippen LogP contribution in [0.3, 0.4) is 0 Å². The predicted molar refractivity (Wildman–Crippen MR) is 72.8 cm³/mol. The summed E-state index contributed by atoms with van der Waals surface area (Å²) in [5, 5.41) is 7.70. The highest BCUT2D eigenvalue weighted by Gasteiger charge is 2.16. The van der Waals surface area contributed by atoms with Gasteiger partial charge in [0.1, 0.15) is 13.2 Å². The van der Waals surface area contributed by atoms with Crippen molar-refractivity contribution in [2.75, 3.05) is 18.9 Å². The van der Waals surface area contributed by atoms with Crippen LogP contribution in [0.25, 0.3) is 0 Å². The number of hydrogen-bond donors (Lipinski definition) is 2. The Morgan fingerprint density at radius 2 is 2.21 bits per heavy atom. The van der Waals surface area contributed by atoms with E-state index in [0.29, 0.717) is 46.6 Å². The predicted octanol–water partition coefficient (Wildman–Crippen LogP) is 2.10. The average Bonchev–Trinajstić information content (AvgIpc) is 2.82. The van der Waals surface area contributed by atoms with Gasteiger partial charge >= 0.3 is 0 Å². The Morgan fingerprint density at radius 1 is 1.37 bits per heavy atom. The first-order chi connectivity index (χ1) is 9.22. The van der Waals surface area contributed by atoms with Gasteiger partial charge in [-0.1, -0.05) is 23.4 Å². The zero-order valence-electron chi connectivity index (χ0n) is 9.85. The molecule has 19 heavy (non-hydrogen) atoms. The molecule has 0 atom stereocenters. The number of nitrogens with two attached hydrogens (primary N) is 1. The number of benzene rings is 1. The summed E-state index contributed by atoms with van der Waals surface area (Å²) in [6.45, 7) is 1.06. The van der Waals surface area contributed by atoms with Crippen molar-refractivity contribution in [1.82, 2.24) is 15.2 Å². The van der Waals surface area contributed by atoms with Crippen molar-refractivity contribution in [1.29, 1.82) is 0 Å². The molecule has 6 nitrogen and oxygen atoms in total. The summed E-state index contributed by atoms with van der Waals surface area (Å²) in [5.74, 6) is 2.28. The third kappa shape index (κ3) is 2.71. The van der Waals surface area contributed by atoms with Crippen LogP contribution in [0.5, 0.6) is 11.5 Å². The third-order valence-corrected chi connectivity index (χ3v) is 3.71. The normalized spacial score (nSPS) is 13.5. The van der Waals surface area contributed by atoms with Gasteiger partial charge in [0.05, 0.1) is 5.02 Å². The minimum atomic E-state index is 0.308. The molecule has 3 rings (SSSR count). The highest BCUT2D eigenvalue weighted by molar-refractivity contribution is 7.98. The largest absolute Gasteiger partial charge is 0.486 e. The number of fused-ring (bicyclic) bond motifs is 1. The first-order valence-electron chi connectivity index (χ1n) is 5.61. The van der Waals surface area contributed by atoms with Crippen LogP contribution < -0.4 is 15.2 Å². The molecule has 0 spiro atoms. The molecule has 0 unspecified atom stereocenters. The highest BCUT2D eigenvalue weighted by Crippen LogP contribution is 2.39. The molecule has 0 saturated heterocycles. The van der Waals surface area contributed by atoms with Crippen LogP contribution in [0.4, 0.5) is 5.95 Å².